The van der Waals surface area contributed by atoms with Crippen LogP contribution in [0.1, 0.15) is 19.8 Å². The number of hydrogen-bond donors (Lipinski definition) is 1. The molecule has 1 aromatic heterocycles. The van der Waals surface area contributed by atoms with E-state index in [1.54, 1.807) is 23.1 Å². The number of benzene rings is 1. The van der Waals surface area contributed by atoms with Crippen LogP contribution in [-0.4, -0.2) is 29.1 Å². The quantitative estimate of drug-likeness (QED) is 0.562. The lowest BCUT2D eigenvalue weighted by Gasteiger charge is -2.04. The van der Waals surface area contributed by atoms with Crippen molar-refractivity contribution in [1.82, 2.24) is 10.2 Å². The Bertz CT molecular complexity index is 490. The molecule has 0 amide bonds. The Morgan fingerprint density at radius 1 is 1.25 bits per heavy atom. The summed E-state index contributed by atoms with van der Waals surface area (Å²) in [5.74, 6) is 1.93. The van der Waals surface area contributed by atoms with Crippen LogP contribution in [0.3, 0.4) is 0 Å². The predicted octanol–water partition coefficient (Wildman–Crippen LogP) is 3.92. The molecule has 1 heterocycles. The maximum atomic E-state index is 5.64. The van der Waals surface area contributed by atoms with Gasteiger partial charge in [0.05, 0.1) is 6.61 Å². The topological polar surface area (TPSA) is 47.0 Å². The summed E-state index contributed by atoms with van der Waals surface area (Å²) in [6.07, 6.45) is 2.09. The average Bonchev–Trinajstić information content (AvgIpc) is 2.94. The van der Waals surface area contributed by atoms with Crippen LogP contribution in [0.4, 0.5) is 5.13 Å². The maximum absolute atomic E-state index is 5.64. The van der Waals surface area contributed by atoms with Gasteiger partial charge in [0.2, 0.25) is 5.13 Å². The second-order valence-corrected chi connectivity index (χ2v) is 6.48. The first-order valence-electron chi connectivity index (χ1n) is 6.76. The van der Waals surface area contributed by atoms with E-state index in [0.29, 0.717) is 0 Å². The van der Waals surface area contributed by atoms with E-state index in [-0.39, 0.29) is 0 Å². The summed E-state index contributed by atoms with van der Waals surface area (Å²) < 4.78 is 6.66. The van der Waals surface area contributed by atoms with Gasteiger partial charge >= 0.3 is 0 Å². The first-order chi connectivity index (χ1) is 9.88. The SMILES string of the molecule is CCCNc1nnc(SCCCOc2ccccc2)s1. The van der Waals surface area contributed by atoms with Crippen LogP contribution < -0.4 is 10.1 Å². The van der Waals surface area contributed by atoms with E-state index in [0.717, 1.165) is 47.0 Å². The number of aromatic nitrogens is 2. The number of rotatable bonds is 9. The molecular formula is C14H19N3OS2. The van der Waals surface area contributed by atoms with Crippen LogP contribution in [0, 0.1) is 0 Å². The molecule has 1 N–H and O–H groups in total. The summed E-state index contributed by atoms with van der Waals surface area (Å²) in [4.78, 5) is 0. The van der Waals surface area contributed by atoms with E-state index in [9.17, 15) is 0 Å². The van der Waals surface area contributed by atoms with Gasteiger partial charge in [0.15, 0.2) is 4.34 Å². The molecule has 6 heteroatoms. The van der Waals surface area contributed by atoms with Crippen LogP contribution in [0.15, 0.2) is 34.7 Å². The zero-order valence-corrected chi connectivity index (χ0v) is 13.2. The highest BCUT2D eigenvalue weighted by Gasteiger charge is 2.03. The zero-order valence-electron chi connectivity index (χ0n) is 11.5. The molecular weight excluding hydrogens is 290 g/mol. The van der Waals surface area contributed by atoms with Crippen molar-refractivity contribution in [1.29, 1.82) is 0 Å². The molecule has 0 aliphatic carbocycles. The third kappa shape index (κ3) is 5.38. The molecule has 0 saturated carbocycles. The molecule has 108 valence electrons. The molecule has 0 spiro atoms. The van der Waals surface area contributed by atoms with E-state index < -0.39 is 0 Å². The summed E-state index contributed by atoms with van der Waals surface area (Å²) in [7, 11) is 0. The summed E-state index contributed by atoms with van der Waals surface area (Å²) in [5.41, 5.74) is 0. The van der Waals surface area contributed by atoms with E-state index in [4.69, 9.17) is 4.74 Å². The molecule has 0 fully saturated rings. The lowest BCUT2D eigenvalue weighted by atomic mass is 10.3. The Morgan fingerprint density at radius 3 is 2.90 bits per heavy atom. The number of hydrogen-bond acceptors (Lipinski definition) is 6. The standard InChI is InChI=1S/C14H19N3OS2/c1-2-9-15-13-16-17-14(20-13)19-11-6-10-18-12-7-4-3-5-8-12/h3-5,7-8H,2,6,9-11H2,1H3,(H,15,16). The number of nitrogens with zero attached hydrogens (tertiary/aromatic N) is 2. The summed E-state index contributed by atoms with van der Waals surface area (Å²) in [6.45, 7) is 3.82. The minimum Gasteiger partial charge on any atom is -0.494 e. The molecule has 20 heavy (non-hydrogen) atoms. The molecule has 0 atom stereocenters. The smallest absolute Gasteiger partial charge is 0.206 e. The predicted molar refractivity (Wildman–Crippen MR) is 86.0 cm³/mol. The lowest BCUT2D eigenvalue weighted by molar-refractivity contribution is 0.318. The van der Waals surface area contributed by atoms with Crippen LogP contribution in [-0.2, 0) is 0 Å². The Morgan fingerprint density at radius 2 is 2.10 bits per heavy atom. The fraction of sp³-hybridized carbons (Fsp3) is 0.429. The fourth-order valence-corrected chi connectivity index (χ4v) is 3.26. The third-order valence-corrected chi connectivity index (χ3v) is 4.56. The molecule has 0 saturated heterocycles. The van der Waals surface area contributed by atoms with Crippen molar-refractivity contribution in [3.63, 3.8) is 0 Å². The monoisotopic (exact) mass is 309 g/mol. The van der Waals surface area contributed by atoms with Gasteiger partial charge in [0.1, 0.15) is 5.75 Å². The molecule has 1 aromatic carbocycles. The van der Waals surface area contributed by atoms with Crippen molar-refractivity contribution < 1.29 is 4.74 Å². The van der Waals surface area contributed by atoms with Gasteiger partial charge in [-0.2, -0.15) is 0 Å². The normalized spacial score (nSPS) is 10.4. The third-order valence-electron chi connectivity index (χ3n) is 2.46. The van der Waals surface area contributed by atoms with Gasteiger partial charge < -0.3 is 10.1 Å². The molecule has 4 nitrogen and oxygen atoms in total. The highest BCUT2D eigenvalue weighted by atomic mass is 32.2. The van der Waals surface area contributed by atoms with Crippen molar-refractivity contribution in [3.8, 4) is 5.75 Å². The van der Waals surface area contributed by atoms with Gasteiger partial charge in [0, 0.05) is 12.3 Å². The van der Waals surface area contributed by atoms with Crippen LogP contribution in [0.25, 0.3) is 0 Å². The first-order valence-corrected chi connectivity index (χ1v) is 8.56. The first kappa shape index (κ1) is 15.1. The molecule has 2 aromatic rings. The van der Waals surface area contributed by atoms with Crippen molar-refractivity contribution in [2.45, 2.75) is 24.1 Å². The van der Waals surface area contributed by atoms with Gasteiger partial charge in [-0.05, 0) is 25.0 Å². The van der Waals surface area contributed by atoms with Gasteiger partial charge in [-0.25, -0.2) is 0 Å². The minimum absolute atomic E-state index is 0.733. The van der Waals surface area contributed by atoms with E-state index in [1.807, 2.05) is 30.3 Å². The summed E-state index contributed by atoms with van der Waals surface area (Å²) >= 11 is 3.35. The van der Waals surface area contributed by atoms with Crippen molar-refractivity contribution >= 4 is 28.2 Å². The summed E-state index contributed by atoms with van der Waals surface area (Å²) in [6, 6.07) is 9.90. The highest BCUT2D eigenvalue weighted by Crippen LogP contribution is 2.25. The van der Waals surface area contributed by atoms with Gasteiger partial charge in [0.25, 0.3) is 0 Å². The van der Waals surface area contributed by atoms with E-state index >= 15 is 0 Å². The Hall–Kier alpha value is -1.27. The maximum Gasteiger partial charge on any atom is 0.206 e. The number of anilines is 1. The number of thioether (sulfide) groups is 1. The Kier molecular flexibility index (Phi) is 6.66. The van der Waals surface area contributed by atoms with Gasteiger partial charge in [-0.3, -0.25) is 0 Å². The van der Waals surface area contributed by atoms with Crippen molar-refractivity contribution in [2.24, 2.45) is 0 Å². The number of nitrogens with one attached hydrogen (secondary N) is 1. The fourth-order valence-electron chi connectivity index (χ4n) is 1.50. The number of ether oxygens (including phenoxy) is 1. The highest BCUT2D eigenvalue weighted by molar-refractivity contribution is 8.01. The second-order valence-electron chi connectivity index (χ2n) is 4.16. The molecule has 0 aliphatic heterocycles. The minimum atomic E-state index is 0.733. The average molecular weight is 309 g/mol. The van der Waals surface area contributed by atoms with Crippen LogP contribution in [0.5, 0.6) is 5.75 Å². The molecule has 0 unspecified atom stereocenters. The van der Waals surface area contributed by atoms with Crippen LogP contribution in [0.2, 0.25) is 0 Å². The Balaban J connectivity index is 1.60. The van der Waals surface area contributed by atoms with Crippen molar-refractivity contribution in [2.75, 3.05) is 24.2 Å². The molecule has 0 aliphatic rings. The second kappa shape index (κ2) is 8.81. The zero-order chi connectivity index (χ0) is 14.0. The van der Waals surface area contributed by atoms with E-state index in [1.165, 1.54) is 0 Å². The summed E-state index contributed by atoms with van der Waals surface area (Å²) in [5, 5.41) is 12.4. The lowest BCUT2D eigenvalue weighted by Crippen LogP contribution is -1.98. The van der Waals surface area contributed by atoms with Crippen LogP contribution >= 0.6 is 23.1 Å². The molecule has 0 radical (unpaired) electrons. The Labute approximate surface area is 128 Å². The largest absolute Gasteiger partial charge is 0.494 e. The van der Waals surface area contributed by atoms with Gasteiger partial charge in [-0.1, -0.05) is 48.2 Å². The number of para-hydroxylation sites is 1. The van der Waals surface area contributed by atoms with Gasteiger partial charge in [-0.15, -0.1) is 10.2 Å². The van der Waals surface area contributed by atoms with Crippen molar-refractivity contribution in [3.05, 3.63) is 30.3 Å². The van der Waals surface area contributed by atoms with E-state index in [2.05, 4.69) is 22.4 Å². The molecule has 2 rings (SSSR count). The molecule has 0 bridgehead atoms.